The fraction of sp³-hybridized carbons (Fsp3) is 0.300. The summed E-state index contributed by atoms with van der Waals surface area (Å²) < 4.78 is 0. The van der Waals surface area contributed by atoms with E-state index in [4.69, 9.17) is 0 Å². The quantitative estimate of drug-likeness (QED) is 0.734. The van der Waals surface area contributed by atoms with Crippen molar-refractivity contribution in [2.45, 2.75) is 20.3 Å². The van der Waals surface area contributed by atoms with E-state index in [0.717, 1.165) is 5.56 Å². The molecule has 0 bridgehead atoms. The van der Waals surface area contributed by atoms with Crippen molar-refractivity contribution in [2.75, 3.05) is 5.32 Å². The van der Waals surface area contributed by atoms with E-state index in [1.165, 1.54) is 6.92 Å². The summed E-state index contributed by atoms with van der Waals surface area (Å²) in [6.07, 6.45) is 1.55. The van der Waals surface area contributed by atoms with Crippen LogP contribution in [0, 0.1) is 6.92 Å². The Bertz CT molecular complexity index is 344. The van der Waals surface area contributed by atoms with E-state index in [2.05, 4.69) is 10.3 Å². The van der Waals surface area contributed by atoms with Crippen LogP contribution < -0.4 is 5.32 Å². The van der Waals surface area contributed by atoms with Gasteiger partial charge in [-0.15, -0.1) is 0 Å². The highest BCUT2D eigenvalue weighted by Crippen LogP contribution is 2.04. The number of pyridine rings is 1. The fourth-order valence-corrected chi connectivity index (χ4v) is 0.955. The third-order valence-electron chi connectivity index (χ3n) is 1.59. The molecule has 0 saturated heterocycles. The van der Waals surface area contributed by atoms with Gasteiger partial charge in [-0.3, -0.25) is 9.59 Å². The molecule has 0 aromatic carbocycles. The predicted molar refractivity (Wildman–Crippen MR) is 52.9 cm³/mol. The van der Waals surface area contributed by atoms with Gasteiger partial charge in [0.15, 0.2) is 0 Å². The highest BCUT2D eigenvalue weighted by molar-refractivity contribution is 6.03. The zero-order chi connectivity index (χ0) is 10.6. The van der Waals surface area contributed by atoms with Crippen LogP contribution in [0.5, 0.6) is 0 Å². The Kier molecular flexibility index (Phi) is 3.34. The number of aromatic nitrogens is 1. The molecular formula is C10H12N2O2. The number of Topliss-reactive ketones (excluding diaryl/α,β-unsaturated/α-hetero) is 1. The molecule has 1 heterocycles. The maximum absolute atomic E-state index is 11.1. The Hall–Kier alpha value is -1.71. The highest BCUT2D eigenvalue weighted by Gasteiger charge is 2.05. The topological polar surface area (TPSA) is 59.1 Å². The maximum Gasteiger partial charge on any atom is 0.232 e. The average molecular weight is 192 g/mol. The van der Waals surface area contributed by atoms with Gasteiger partial charge in [0.1, 0.15) is 11.6 Å². The van der Waals surface area contributed by atoms with Gasteiger partial charge in [-0.2, -0.15) is 0 Å². The lowest BCUT2D eigenvalue weighted by Gasteiger charge is -2.02. The lowest BCUT2D eigenvalue weighted by molar-refractivity contribution is -0.124. The number of aryl methyl sites for hydroxylation is 1. The van der Waals surface area contributed by atoms with Crippen LogP contribution in [0.4, 0.5) is 5.82 Å². The van der Waals surface area contributed by atoms with Gasteiger partial charge in [0, 0.05) is 6.20 Å². The number of nitrogens with zero attached hydrogens (tertiary/aromatic N) is 1. The van der Waals surface area contributed by atoms with E-state index in [1.807, 2.05) is 13.0 Å². The van der Waals surface area contributed by atoms with Gasteiger partial charge < -0.3 is 5.32 Å². The highest BCUT2D eigenvalue weighted by atomic mass is 16.2. The molecule has 0 aliphatic rings. The van der Waals surface area contributed by atoms with Gasteiger partial charge in [-0.05, 0) is 25.5 Å². The summed E-state index contributed by atoms with van der Waals surface area (Å²) in [6, 6.07) is 3.55. The van der Waals surface area contributed by atoms with Crippen molar-refractivity contribution in [3.05, 3.63) is 23.9 Å². The van der Waals surface area contributed by atoms with Crippen molar-refractivity contribution < 1.29 is 9.59 Å². The Morgan fingerprint density at radius 3 is 2.64 bits per heavy atom. The second-order valence-corrected chi connectivity index (χ2v) is 3.15. The smallest absolute Gasteiger partial charge is 0.232 e. The molecule has 1 rings (SSSR count). The molecule has 4 heteroatoms. The van der Waals surface area contributed by atoms with E-state index in [-0.39, 0.29) is 18.1 Å². The number of carbonyl (C=O) groups excluding carboxylic acids is 2. The van der Waals surface area contributed by atoms with Gasteiger partial charge in [-0.1, -0.05) is 6.07 Å². The summed E-state index contributed by atoms with van der Waals surface area (Å²) >= 11 is 0. The van der Waals surface area contributed by atoms with E-state index < -0.39 is 0 Å². The van der Waals surface area contributed by atoms with E-state index >= 15 is 0 Å². The third kappa shape index (κ3) is 3.35. The van der Waals surface area contributed by atoms with Crippen molar-refractivity contribution >= 4 is 17.5 Å². The fourth-order valence-electron chi connectivity index (χ4n) is 0.955. The van der Waals surface area contributed by atoms with Crippen molar-refractivity contribution in [1.82, 2.24) is 4.98 Å². The molecule has 1 aromatic rings. The first-order valence-electron chi connectivity index (χ1n) is 4.30. The second-order valence-electron chi connectivity index (χ2n) is 3.15. The molecule has 14 heavy (non-hydrogen) atoms. The van der Waals surface area contributed by atoms with Crippen LogP contribution in [-0.4, -0.2) is 16.7 Å². The van der Waals surface area contributed by atoms with Crippen LogP contribution in [0.25, 0.3) is 0 Å². The van der Waals surface area contributed by atoms with E-state index in [0.29, 0.717) is 5.82 Å². The Balaban J connectivity index is 2.56. The van der Waals surface area contributed by atoms with Crippen LogP contribution in [0.3, 0.4) is 0 Å². The molecule has 4 nitrogen and oxygen atoms in total. The van der Waals surface area contributed by atoms with Gasteiger partial charge in [0.05, 0.1) is 6.42 Å². The molecular weight excluding hydrogens is 180 g/mol. The summed E-state index contributed by atoms with van der Waals surface area (Å²) in [5.41, 5.74) is 1.02. The standard InChI is InChI=1S/C10H12N2O2/c1-7-3-4-9(11-6-7)12-10(14)5-8(2)13/h3-4,6H,5H2,1-2H3,(H,11,12,14). The summed E-state index contributed by atoms with van der Waals surface area (Å²) in [5.74, 6) is -0.00897. The first kappa shape index (κ1) is 10.4. The molecule has 1 N–H and O–H groups in total. The number of rotatable bonds is 3. The molecule has 0 fully saturated rings. The van der Waals surface area contributed by atoms with Gasteiger partial charge in [0.25, 0.3) is 0 Å². The van der Waals surface area contributed by atoms with Crippen molar-refractivity contribution in [1.29, 1.82) is 0 Å². The van der Waals surface area contributed by atoms with Gasteiger partial charge in [0.2, 0.25) is 5.91 Å². The minimum absolute atomic E-state index is 0.102. The second kappa shape index (κ2) is 4.50. The van der Waals surface area contributed by atoms with Crippen LogP contribution in [0.2, 0.25) is 0 Å². The number of nitrogens with one attached hydrogen (secondary N) is 1. The summed E-state index contributed by atoms with van der Waals surface area (Å²) in [4.78, 5) is 25.7. The SMILES string of the molecule is CC(=O)CC(=O)Nc1ccc(C)cn1. The molecule has 74 valence electrons. The van der Waals surface area contributed by atoms with Crippen molar-refractivity contribution in [3.8, 4) is 0 Å². The summed E-state index contributed by atoms with van der Waals surface area (Å²) in [5, 5.41) is 2.53. The lowest BCUT2D eigenvalue weighted by Crippen LogP contribution is -2.15. The molecule has 0 saturated carbocycles. The number of hydrogen-bond acceptors (Lipinski definition) is 3. The average Bonchev–Trinajstić information content (AvgIpc) is 2.07. The van der Waals surface area contributed by atoms with E-state index in [9.17, 15) is 9.59 Å². The summed E-state index contributed by atoms with van der Waals surface area (Å²) in [7, 11) is 0. The van der Waals surface area contributed by atoms with Gasteiger partial charge >= 0.3 is 0 Å². The van der Waals surface area contributed by atoms with Crippen LogP contribution in [0.15, 0.2) is 18.3 Å². The predicted octanol–water partition coefficient (Wildman–Crippen LogP) is 1.31. The molecule has 0 aliphatic carbocycles. The third-order valence-corrected chi connectivity index (χ3v) is 1.59. The molecule has 1 amide bonds. The summed E-state index contributed by atoms with van der Waals surface area (Å²) in [6.45, 7) is 3.29. The minimum Gasteiger partial charge on any atom is -0.310 e. The number of ketones is 1. The monoisotopic (exact) mass is 192 g/mol. The van der Waals surface area contributed by atoms with E-state index in [1.54, 1.807) is 12.3 Å². The number of carbonyl (C=O) groups is 2. The number of hydrogen-bond donors (Lipinski definition) is 1. The zero-order valence-electron chi connectivity index (χ0n) is 8.20. The largest absolute Gasteiger partial charge is 0.310 e. The van der Waals surface area contributed by atoms with Crippen LogP contribution in [-0.2, 0) is 9.59 Å². The first-order valence-corrected chi connectivity index (χ1v) is 4.30. The Labute approximate surface area is 82.3 Å². The van der Waals surface area contributed by atoms with Crippen molar-refractivity contribution in [2.24, 2.45) is 0 Å². The number of amides is 1. The normalized spacial score (nSPS) is 9.57. The molecule has 0 radical (unpaired) electrons. The minimum atomic E-state index is -0.325. The Morgan fingerprint density at radius 1 is 1.43 bits per heavy atom. The molecule has 1 aromatic heterocycles. The van der Waals surface area contributed by atoms with Crippen molar-refractivity contribution in [3.63, 3.8) is 0 Å². The Morgan fingerprint density at radius 2 is 2.14 bits per heavy atom. The molecule has 0 spiro atoms. The van der Waals surface area contributed by atoms with Crippen LogP contribution in [0.1, 0.15) is 18.9 Å². The maximum atomic E-state index is 11.1. The molecule has 0 unspecified atom stereocenters. The molecule has 0 atom stereocenters. The first-order chi connectivity index (χ1) is 6.58. The number of anilines is 1. The lowest BCUT2D eigenvalue weighted by atomic mass is 10.3. The van der Waals surface area contributed by atoms with Gasteiger partial charge in [-0.25, -0.2) is 4.98 Å². The van der Waals surface area contributed by atoms with Crippen LogP contribution >= 0.6 is 0 Å². The molecule has 0 aliphatic heterocycles. The zero-order valence-corrected chi connectivity index (χ0v) is 8.20.